The van der Waals surface area contributed by atoms with Crippen LogP contribution in [0, 0.1) is 0 Å². The molecule has 1 atom stereocenters. The highest BCUT2D eigenvalue weighted by atomic mass is 35.5. The number of nitrogens with zero attached hydrogens (tertiary/aromatic N) is 1. The summed E-state index contributed by atoms with van der Waals surface area (Å²) in [5, 5.41) is 3.43. The van der Waals surface area contributed by atoms with Crippen LogP contribution in [0.25, 0.3) is 0 Å². The minimum atomic E-state index is 0. The Bertz CT molecular complexity index is 472. The highest BCUT2D eigenvalue weighted by Gasteiger charge is 2.24. The van der Waals surface area contributed by atoms with Gasteiger partial charge in [0.25, 0.3) is 0 Å². The molecule has 1 N–H and O–H groups in total. The lowest BCUT2D eigenvalue weighted by Crippen LogP contribution is -2.45. The zero-order valence-electron chi connectivity index (χ0n) is 15.7. The van der Waals surface area contributed by atoms with Gasteiger partial charge in [-0.2, -0.15) is 0 Å². The molecular formula is C18H32Cl2N2O3. The summed E-state index contributed by atoms with van der Waals surface area (Å²) in [7, 11) is 4.99. The molecule has 5 nitrogen and oxygen atoms in total. The van der Waals surface area contributed by atoms with Gasteiger partial charge in [0.05, 0.1) is 21.3 Å². The molecule has 1 aromatic rings. The van der Waals surface area contributed by atoms with E-state index in [0.717, 1.165) is 44.1 Å². The van der Waals surface area contributed by atoms with Gasteiger partial charge < -0.3 is 19.5 Å². The quantitative estimate of drug-likeness (QED) is 0.727. The van der Waals surface area contributed by atoms with E-state index in [9.17, 15) is 0 Å². The fourth-order valence-corrected chi connectivity index (χ4v) is 3.25. The summed E-state index contributed by atoms with van der Waals surface area (Å²) in [6.45, 7) is 6.49. The van der Waals surface area contributed by atoms with Crippen LogP contribution in [0.4, 0.5) is 0 Å². The number of ether oxygens (including phenoxy) is 3. The molecule has 2 rings (SSSR count). The van der Waals surface area contributed by atoms with Gasteiger partial charge in [0.15, 0.2) is 11.5 Å². The number of nitrogens with one attached hydrogen (secondary N) is 1. The first-order valence-corrected chi connectivity index (χ1v) is 8.49. The van der Waals surface area contributed by atoms with Crippen molar-refractivity contribution < 1.29 is 14.2 Å². The van der Waals surface area contributed by atoms with Gasteiger partial charge in [0.1, 0.15) is 0 Å². The summed E-state index contributed by atoms with van der Waals surface area (Å²) < 4.78 is 16.5. The van der Waals surface area contributed by atoms with E-state index < -0.39 is 0 Å². The van der Waals surface area contributed by atoms with Crippen molar-refractivity contribution in [2.45, 2.75) is 32.2 Å². The third-order valence-electron chi connectivity index (χ3n) is 4.50. The molecule has 0 spiro atoms. The van der Waals surface area contributed by atoms with Crippen molar-refractivity contribution in [2.24, 2.45) is 0 Å². The second-order valence-electron chi connectivity index (χ2n) is 5.90. The van der Waals surface area contributed by atoms with Gasteiger partial charge in [-0.15, -0.1) is 24.8 Å². The van der Waals surface area contributed by atoms with Gasteiger partial charge in [-0.1, -0.05) is 19.8 Å². The molecule has 0 saturated carbocycles. The van der Waals surface area contributed by atoms with Crippen molar-refractivity contribution in [3.05, 3.63) is 17.7 Å². The molecule has 0 radical (unpaired) electrons. The van der Waals surface area contributed by atoms with Crippen molar-refractivity contribution in [3.8, 4) is 17.2 Å². The van der Waals surface area contributed by atoms with Gasteiger partial charge in [0.2, 0.25) is 5.75 Å². The molecule has 1 aliphatic heterocycles. The molecule has 0 aliphatic carbocycles. The topological polar surface area (TPSA) is 43.0 Å². The molecule has 25 heavy (non-hydrogen) atoms. The minimum Gasteiger partial charge on any atom is -0.493 e. The predicted molar refractivity (Wildman–Crippen MR) is 107 cm³/mol. The number of benzene rings is 1. The Morgan fingerprint density at radius 2 is 1.56 bits per heavy atom. The Labute approximate surface area is 164 Å². The summed E-state index contributed by atoms with van der Waals surface area (Å²) in [5.74, 6) is 2.13. The van der Waals surface area contributed by atoms with Gasteiger partial charge in [-0.3, -0.25) is 4.90 Å². The van der Waals surface area contributed by atoms with Gasteiger partial charge >= 0.3 is 0 Å². The monoisotopic (exact) mass is 394 g/mol. The number of methoxy groups -OCH3 is 3. The van der Waals surface area contributed by atoms with Crippen molar-refractivity contribution in [1.29, 1.82) is 0 Å². The van der Waals surface area contributed by atoms with E-state index in [1.54, 1.807) is 21.3 Å². The van der Waals surface area contributed by atoms with E-state index in [0.29, 0.717) is 11.8 Å². The average molecular weight is 395 g/mol. The second-order valence-corrected chi connectivity index (χ2v) is 5.90. The van der Waals surface area contributed by atoms with Crippen LogP contribution in [0.3, 0.4) is 0 Å². The Balaban J connectivity index is 0.00000288. The smallest absolute Gasteiger partial charge is 0.203 e. The Hall–Kier alpha value is -0.880. The van der Waals surface area contributed by atoms with Crippen molar-refractivity contribution >= 4 is 24.8 Å². The van der Waals surface area contributed by atoms with Crippen molar-refractivity contribution in [3.63, 3.8) is 0 Å². The van der Waals surface area contributed by atoms with E-state index in [1.165, 1.54) is 18.4 Å². The van der Waals surface area contributed by atoms with Crippen molar-refractivity contribution in [2.75, 3.05) is 47.5 Å². The third kappa shape index (κ3) is 6.10. The first-order chi connectivity index (χ1) is 11.2. The fraction of sp³-hybridized carbons (Fsp3) is 0.667. The highest BCUT2D eigenvalue weighted by Crippen LogP contribution is 2.41. The number of unbranched alkanes of at least 4 members (excludes halogenated alkanes) is 1. The summed E-state index contributed by atoms with van der Waals surface area (Å²) in [6, 6.07) is 4.60. The number of hydrogen-bond donors (Lipinski definition) is 1. The maximum atomic E-state index is 5.53. The predicted octanol–water partition coefficient (Wildman–Crippen LogP) is 3.69. The highest BCUT2D eigenvalue weighted by molar-refractivity contribution is 5.85. The lowest BCUT2D eigenvalue weighted by atomic mass is 9.97. The number of rotatable bonds is 8. The molecule has 0 amide bonds. The Morgan fingerprint density at radius 3 is 2.00 bits per heavy atom. The fourth-order valence-electron chi connectivity index (χ4n) is 3.25. The number of piperazine rings is 1. The van der Waals surface area contributed by atoms with Crippen LogP contribution in [0.5, 0.6) is 17.2 Å². The molecule has 1 fully saturated rings. The van der Waals surface area contributed by atoms with Crippen LogP contribution in [-0.4, -0.2) is 52.4 Å². The third-order valence-corrected chi connectivity index (χ3v) is 4.50. The maximum absolute atomic E-state index is 5.53. The van der Waals surface area contributed by atoms with E-state index in [2.05, 4.69) is 29.3 Å². The first kappa shape index (κ1) is 24.1. The van der Waals surface area contributed by atoms with Crippen LogP contribution in [0.2, 0.25) is 0 Å². The van der Waals surface area contributed by atoms with E-state index in [4.69, 9.17) is 14.2 Å². The van der Waals surface area contributed by atoms with Gasteiger partial charge in [-0.25, -0.2) is 0 Å². The Morgan fingerprint density at radius 1 is 1.00 bits per heavy atom. The minimum absolute atomic E-state index is 0. The molecule has 0 unspecified atom stereocenters. The molecule has 1 aromatic carbocycles. The van der Waals surface area contributed by atoms with Gasteiger partial charge in [-0.05, 0) is 24.1 Å². The van der Waals surface area contributed by atoms with Crippen LogP contribution >= 0.6 is 24.8 Å². The molecule has 0 bridgehead atoms. The zero-order valence-corrected chi connectivity index (χ0v) is 17.3. The van der Waals surface area contributed by atoms with Crippen LogP contribution in [0.15, 0.2) is 12.1 Å². The first-order valence-electron chi connectivity index (χ1n) is 8.49. The number of halogens is 2. The summed E-state index contributed by atoms with van der Waals surface area (Å²) in [5.41, 5.74) is 1.25. The second kappa shape index (κ2) is 12.5. The molecule has 7 heteroatoms. The molecular weight excluding hydrogens is 363 g/mol. The van der Waals surface area contributed by atoms with E-state index in [1.807, 2.05) is 0 Å². The largest absolute Gasteiger partial charge is 0.493 e. The average Bonchev–Trinajstić information content (AvgIpc) is 2.61. The Kier molecular flexibility index (Phi) is 12.0. The molecule has 1 aliphatic rings. The van der Waals surface area contributed by atoms with Crippen molar-refractivity contribution in [1.82, 2.24) is 10.2 Å². The van der Waals surface area contributed by atoms with Gasteiger partial charge in [0, 0.05) is 32.2 Å². The van der Waals surface area contributed by atoms with Crippen LogP contribution < -0.4 is 19.5 Å². The summed E-state index contributed by atoms with van der Waals surface area (Å²) in [6.07, 6.45) is 3.56. The molecule has 146 valence electrons. The lowest BCUT2D eigenvalue weighted by molar-refractivity contribution is 0.162. The molecule has 0 aromatic heterocycles. The lowest BCUT2D eigenvalue weighted by Gasteiger charge is -2.35. The molecule has 1 saturated heterocycles. The van der Waals surface area contributed by atoms with Crippen LogP contribution in [-0.2, 0) is 0 Å². The summed E-state index contributed by atoms with van der Waals surface area (Å²) >= 11 is 0. The maximum Gasteiger partial charge on any atom is 0.203 e. The van der Waals surface area contributed by atoms with E-state index >= 15 is 0 Å². The summed E-state index contributed by atoms with van der Waals surface area (Å²) in [4.78, 5) is 2.56. The van der Waals surface area contributed by atoms with E-state index in [-0.39, 0.29) is 24.8 Å². The SMILES string of the molecule is CCCC[C@@H](c1cc(OC)c(OC)c(OC)c1)N1CCNCC1.Cl.Cl. The zero-order chi connectivity index (χ0) is 16.7. The number of hydrogen-bond acceptors (Lipinski definition) is 5. The normalized spacial score (nSPS) is 15.5. The standard InChI is InChI=1S/C18H30N2O3.2ClH/c1-5-6-7-15(20-10-8-19-9-11-20)14-12-16(21-2)18(23-4)17(13-14)22-3;;/h12-13,15,19H,5-11H2,1-4H3;2*1H/t15-;;/m0../s1. The van der Waals surface area contributed by atoms with Crippen LogP contribution in [0.1, 0.15) is 37.8 Å². The molecule has 1 heterocycles.